The molecule has 0 amide bonds. The standard InChI is InChI=1S/C55H57F3O3SSi10/c56-55(57,58)62(59,60)61-71(63,53-42-24-8-25-43-53)65-66-72(64,54-44-26-9-27-45-54)68(48-32-14-3-15-33-48)70(51-38-20-6-21-39-51,52-40-22-7-23-41-52)69(49-34-16-4-17-35-49,50-36-18-5-19-37-50)67(46-28-10-1-11-29-46)47-30-12-2-13-31-47/h1-45,67-68H,65-66H2,63-64H3. The Balaban J connectivity index is 1.52. The summed E-state index contributed by atoms with van der Waals surface area (Å²) in [6.45, 7) is -2.89. The van der Waals surface area contributed by atoms with Gasteiger partial charge >= 0.3 is 15.6 Å². The van der Waals surface area contributed by atoms with E-state index < -0.39 is 77.1 Å². The van der Waals surface area contributed by atoms with Crippen LogP contribution >= 0.6 is 0 Å². The highest BCUT2D eigenvalue weighted by Crippen LogP contribution is 2.32. The summed E-state index contributed by atoms with van der Waals surface area (Å²) < 4.78 is 77.0. The molecule has 72 heavy (non-hydrogen) atoms. The van der Waals surface area contributed by atoms with Gasteiger partial charge in [0.15, 0.2) is 0 Å². The Bertz CT molecular complexity index is 3140. The van der Waals surface area contributed by atoms with E-state index in [2.05, 4.69) is 243 Å². The number of hydrogen-bond acceptors (Lipinski definition) is 3. The molecule has 0 aromatic heterocycles. The highest BCUT2D eigenvalue weighted by molar-refractivity contribution is 8.08. The summed E-state index contributed by atoms with van der Waals surface area (Å²) in [6, 6.07) is 101. The van der Waals surface area contributed by atoms with Crippen LogP contribution in [0.5, 0.6) is 0 Å². The minimum atomic E-state index is -5.88. The van der Waals surface area contributed by atoms with Crippen molar-refractivity contribution in [3.05, 3.63) is 273 Å². The van der Waals surface area contributed by atoms with E-state index in [9.17, 15) is 21.6 Å². The van der Waals surface area contributed by atoms with E-state index in [1.54, 1.807) is 0 Å². The fourth-order valence-electron chi connectivity index (χ4n) is 12.0. The van der Waals surface area contributed by atoms with Crippen molar-refractivity contribution in [1.82, 2.24) is 0 Å². The van der Waals surface area contributed by atoms with E-state index in [-0.39, 0.29) is 9.76 Å². The molecule has 9 aromatic carbocycles. The lowest BCUT2D eigenvalue weighted by Gasteiger charge is -2.59. The molecule has 0 saturated carbocycles. The Morgan fingerprint density at radius 2 is 0.653 bits per heavy atom. The van der Waals surface area contributed by atoms with Crippen LogP contribution in [0, 0.1) is 0 Å². The smallest absolute Gasteiger partial charge is 0.311 e. The van der Waals surface area contributed by atoms with Gasteiger partial charge in [-0.25, -0.2) is 0 Å². The van der Waals surface area contributed by atoms with Crippen LogP contribution in [0.4, 0.5) is 13.2 Å². The largest absolute Gasteiger partial charge is 0.522 e. The highest BCUT2D eigenvalue weighted by atomic mass is 32.2. The van der Waals surface area contributed by atoms with Gasteiger partial charge in [-0.05, 0) is 14.9 Å². The molecule has 9 rings (SSSR count). The van der Waals surface area contributed by atoms with Crippen LogP contribution < -0.4 is 46.7 Å². The van der Waals surface area contributed by atoms with Crippen molar-refractivity contribution < 1.29 is 25.5 Å². The Morgan fingerprint density at radius 3 is 0.986 bits per heavy atom. The molecule has 17 heteroatoms. The van der Waals surface area contributed by atoms with Crippen molar-refractivity contribution in [3.8, 4) is 0 Å². The predicted octanol–water partition coefficient (Wildman–Crippen LogP) is 1.05. The minimum Gasteiger partial charge on any atom is -0.311 e. The van der Waals surface area contributed by atoms with Gasteiger partial charge in [0.2, 0.25) is 7.35 Å². The van der Waals surface area contributed by atoms with Crippen LogP contribution in [-0.2, 0) is 14.0 Å². The van der Waals surface area contributed by atoms with Gasteiger partial charge in [-0.1, -0.05) is 314 Å². The zero-order valence-corrected chi connectivity index (χ0v) is 54.3. The van der Waals surface area contributed by atoms with Crippen LogP contribution in [0.3, 0.4) is 0 Å². The van der Waals surface area contributed by atoms with E-state index >= 15 is 0 Å². The monoisotopic (exact) mass is 1130 g/mol. The Labute approximate surface area is 438 Å². The van der Waals surface area contributed by atoms with Crippen molar-refractivity contribution in [3.63, 3.8) is 0 Å². The first-order valence-corrected chi connectivity index (χ1v) is 57.5. The highest BCUT2D eigenvalue weighted by Gasteiger charge is 2.70. The third-order valence-electron chi connectivity index (χ3n) is 15.0. The van der Waals surface area contributed by atoms with Crippen molar-refractivity contribution >= 4 is 138 Å². The molecule has 3 unspecified atom stereocenters. The van der Waals surface area contributed by atoms with Gasteiger partial charge in [0, 0.05) is 33.5 Å². The molecule has 0 heterocycles. The SMILES string of the molecule is O=S(=O)(O[Si]([SiH3])([SiH2][SiH2][Si]([SiH3])(c1ccccc1)[SiH](c1ccccc1)[Si](c1ccccc1)(c1ccccc1)[Si](c1ccccc1)(c1ccccc1)[SiH](c1ccccc1)c1ccccc1)c1ccccc1)C(F)(F)F. The summed E-state index contributed by atoms with van der Waals surface area (Å²) in [5, 5.41) is 11.9. The second-order valence-electron chi connectivity index (χ2n) is 19.0. The van der Waals surface area contributed by atoms with E-state index in [0.717, 1.165) is 9.76 Å². The Hall–Kier alpha value is -5.15. The van der Waals surface area contributed by atoms with Crippen LogP contribution in [0.2, 0.25) is 0 Å². The lowest BCUT2D eigenvalue weighted by atomic mass is 10.4. The van der Waals surface area contributed by atoms with Gasteiger partial charge in [0.25, 0.3) is 0 Å². The summed E-state index contributed by atoms with van der Waals surface area (Å²) in [7, 11) is -23.5. The van der Waals surface area contributed by atoms with Crippen molar-refractivity contribution in [1.29, 1.82) is 0 Å². The van der Waals surface area contributed by atoms with E-state index in [1.165, 1.54) is 41.5 Å². The maximum absolute atomic E-state index is 14.7. The van der Waals surface area contributed by atoms with Gasteiger partial charge in [-0.15, -0.1) is 0 Å². The third kappa shape index (κ3) is 9.85. The third-order valence-corrected chi connectivity index (χ3v) is 184. The quantitative estimate of drug-likeness (QED) is 0.0956. The topological polar surface area (TPSA) is 43.4 Å². The number of rotatable bonds is 18. The second kappa shape index (κ2) is 22.1. The van der Waals surface area contributed by atoms with E-state index in [4.69, 9.17) is 3.87 Å². The molecule has 0 spiro atoms. The number of alkyl halides is 3. The lowest BCUT2D eigenvalue weighted by molar-refractivity contribution is -0.0500. The second-order valence-corrected chi connectivity index (χ2v) is 107. The van der Waals surface area contributed by atoms with Crippen LogP contribution in [0.15, 0.2) is 273 Å². The molecule has 0 fully saturated rings. The summed E-state index contributed by atoms with van der Waals surface area (Å²) in [4.78, 5) is 0. The fourth-order valence-corrected chi connectivity index (χ4v) is 291. The number of halogens is 3. The number of hydrogen-bond donors (Lipinski definition) is 0. The van der Waals surface area contributed by atoms with Gasteiger partial charge in [-0.3, -0.25) is 0 Å². The predicted molar refractivity (Wildman–Crippen MR) is 325 cm³/mol. The van der Waals surface area contributed by atoms with Gasteiger partial charge in [0.05, 0.1) is 7.83 Å². The summed E-state index contributed by atoms with van der Waals surface area (Å²) in [6.07, 6.45) is 0. The average molecular weight is 1140 g/mol. The fraction of sp³-hybridized carbons (Fsp3) is 0.0182. The molecule has 0 aliphatic heterocycles. The molecule has 0 bridgehead atoms. The molecule has 3 nitrogen and oxygen atoms in total. The molecule has 0 radical (unpaired) electrons. The van der Waals surface area contributed by atoms with Crippen LogP contribution in [0.25, 0.3) is 0 Å². The lowest BCUT2D eigenvalue weighted by Crippen LogP contribution is -3.03. The van der Waals surface area contributed by atoms with E-state index in [1.807, 2.05) is 30.3 Å². The minimum absolute atomic E-state index is 0.212. The Kier molecular flexibility index (Phi) is 15.9. The van der Waals surface area contributed by atoms with Crippen LogP contribution in [-0.4, -0.2) is 94.9 Å². The van der Waals surface area contributed by atoms with Crippen molar-refractivity contribution in [2.45, 2.75) is 5.51 Å². The molecule has 0 N–H and O–H groups in total. The normalized spacial score (nSPS) is 14.9. The molecular formula is C55H57F3O3SSi10. The van der Waals surface area contributed by atoms with Crippen molar-refractivity contribution in [2.24, 2.45) is 0 Å². The Morgan fingerprint density at radius 1 is 0.375 bits per heavy atom. The van der Waals surface area contributed by atoms with Gasteiger partial charge in [-0.2, -0.15) is 21.6 Å². The molecule has 3 atom stereocenters. The van der Waals surface area contributed by atoms with Gasteiger partial charge in [0.1, 0.15) is 22.5 Å². The maximum atomic E-state index is 14.7. The molecule has 0 aliphatic rings. The maximum Gasteiger partial charge on any atom is 0.522 e. The first-order chi connectivity index (χ1) is 34.9. The molecule has 362 valence electrons. The molecular weight excluding hydrogens is 1080 g/mol. The zero-order valence-electron chi connectivity index (χ0n) is 40.3. The summed E-state index contributed by atoms with van der Waals surface area (Å²) in [5.74, 6) is 0. The number of benzene rings is 9. The van der Waals surface area contributed by atoms with Gasteiger partial charge < -0.3 is 3.87 Å². The van der Waals surface area contributed by atoms with E-state index in [0.29, 0.717) is 5.19 Å². The van der Waals surface area contributed by atoms with Crippen LogP contribution in [0.1, 0.15) is 0 Å². The molecule has 0 aliphatic carbocycles. The molecule has 9 aromatic rings. The van der Waals surface area contributed by atoms with Crippen molar-refractivity contribution in [2.75, 3.05) is 0 Å². The zero-order chi connectivity index (χ0) is 50.3. The molecule has 0 saturated heterocycles. The first-order valence-electron chi connectivity index (χ1n) is 24.4. The summed E-state index contributed by atoms with van der Waals surface area (Å²) in [5.41, 5.74) is -5.52. The first kappa shape index (κ1) is 51.7. The summed E-state index contributed by atoms with van der Waals surface area (Å²) >= 11 is 0. The average Bonchev–Trinajstić information content (AvgIpc) is 3.43.